The van der Waals surface area contributed by atoms with E-state index in [1.807, 2.05) is 44.2 Å². The molecule has 8 nitrogen and oxygen atoms in total. The number of rotatable bonds is 5. The Hall–Kier alpha value is -3.26. The standard InChI is InChI=1S/C23H27N5O3/c1-15(2)26-23(29)28(3)21-13-24-19-8-6-16(11-20(19)27-21)17-7-9-22(25-12-17)31-18-5-4-10-30-14-18/h6-9,11-13,15,18H,4-5,10,14H2,1-3H3,(H,26,29). The van der Waals surface area contributed by atoms with Gasteiger partial charge in [0.1, 0.15) is 6.10 Å². The van der Waals surface area contributed by atoms with E-state index >= 15 is 0 Å². The maximum absolute atomic E-state index is 12.3. The number of urea groups is 1. The smallest absolute Gasteiger partial charge is 0.323 e. The highest BCUT2D eigenvalue weighted by molar-refractivity contribution is 5.91. The first-order valence-corrected chi connectivity index (χ1v) is 10.5. The summed E-state index contributed by atoms with van der Waals surface area (Å²) in [5.74, 6) is 1.08. The van der Waals surface area contributed by atoms with E-state index in [1.54, 1.807) is 19.4 Å². The van der Waals surface area contributed by atoms with Crippen molar-refractivity contribution in [2.45, 2.75) is 38.8 Å². The van der Waals surface area contributed by atoms with E-state index in [2.05, 4.69) is 20.3 Å². The summed E-state index contributed by atoms with van der Waals surface area (Å²) >= 11 is 0. The van der Waals surface area contributed by atoms with Gasteiger partial charge >= 0.3 is 6.03 Å². The van der Waals surface area contributed by atoms with E-state index in [0.717, 1.165) is 36.1 Å². The largest absolute Gasteiger partial charge is 0.472 e. The molecule has 0 aliphatic carbocycles. The van der Waals surface area contributed by atoms with Crippen LogP contribution in [0.1, 0.15) is 26.7 Å². The summed E-state index contributed by atoms with van der Waals surface area (Å²) in [5, 5.41) is 2.85. The minimum absolute atomic E-state index is 0.0417. The topological polar surface area (TPSA) is 89.5 Å². The minimum Gasteiger partial charge on any atom is -0.472 e. The molecule has 1 aromatic carbocycles. The first-order valence-electron chi connectivity index (χ1n) is 10.5. The van der Waals surface area contributed by atoms with Gasteiger partial charge in [-0.15, -0.1) is 0 Å². The molecule has 1 aliphatic rings. The van der Waals surface area contributed by atoms with Crippen LogP contribution in [0.3, 0.4) is 0 Å². The third kappa shape index (κ3) is 5.08. The molecule has 3 aromatic rings. The Labute approximate surface area is 181 Å². The molecule has 1 saturated heterocycles. The number of fused-ring (bicyclic) bond motifs is 1. The Kier molecular flexibility index (Phi) is 6.27. The van der Waals surface area contributed by atoms with E-state index in [4.69, 9.17) is 9.47 Å². The Balaban J connectivity index is 1.53. The molecular formula is C23H27N5O3. The van der Waals surface area contributed by atoms with Crippen molar-refractivity contribution in [2.75, 3.05) is 25.2 Å². The van der Waals surface area contributed by atoms with E-state index in [9.17, 15) is 4.79 Å². The Morgan fingerprint density at radius 1 is 1.16 bits per heavy atom. The fourth-order valence-corrected chi connectivity index (χ4v) is 3.39. The van der Waals surface area contributed by atoms with Crippen LogP contribution in [-0.4, -0.2) is 53.4 Å². The van der Waals surface area contributed by atoms with Gasteiger partial charge in [-0.1, -0.05) is 6.07 Å². The van der Waals surface area contributed by atoms with Gasteiger partial charge in [0.25, 0.3) is 0 Å². The van der Waals surface area contributed by atoms with Gasteiger partial charge in [0.2, 0.25) is 5.88 Å². The quantitative estimate of drug-likeness (QED) is 0.674. The molecule has 2 amide bonds. The summed E-state index contributed by atoms with van der Waals surface area (Å²) in [7, 11) is 1.68. The van der Waals surface area contributed by atoms with Crippen molar-refractivity contribution < 1.29 is 14.3 Å². The second kappa shape index (κ2) is 9.26. The maximum Gasteiger partial charge on any atom is 0.323 e. The zero-order chi connectivity index (χ0) is 21.8. The summed E-state index contributed by atoms with van der Waals surface area (Å²) in [6.45, 7) is 5.24. The normalized spacial score (nSPS) is 16.3. The van der Waals surface area contributed by atoms with E-state index < -0.39 is 0 Å². The van der Waals surface area contributed by atoms with E-state index in [0.29, 0.717) is 23.8 Å². The highest BCUT2D eigenvalue weighted by atomic mass is 16.5. The Morgan fingerprint density at radius 3 is 2.71 bits per heavy atom. The molecule has 1 unspecified atom stereocenters. The van der Waals surface area contributed by atoms with Gasteiger partial charge in [0.15, 0.2) is 5.82 Å². The van der Waals surface area contributed by atoms with Gasteiger partial charge < -0.3 is 14.8 Å². The third-order valence-electron chi connectivity index (χ3n) is 5.07. The van der Waals surface area contributed by atoms with Gasteiger partial charge in [-0.05, 0) is 50.5 Å². The Bertz CT molecular complexity index is 1050. The van der Waals surface area contributed by atoms with E-state index in [1.165, 1.54) is 4.90 Å². The van der Waals surface area contributed by atoms with Crippen LogP contribution in [0.4, 0.5) is 10.6 Å². The lowest BCUT2D eigenvalue weighted by atomic mass is 10.1. The van der Waals surface area contributed by atoms with Crippen molar-refractivity contribution in [3.63, 3.8) is 0 Å². The van der Waals surface area contributed by atoms with Gasteiger partial charge in [-0.25, -0.2) is 14.8 Å². The molecule has 1 N–H and O–H groups in total. The number of amides is 2. The van der Waals surface area contributed by atoms with Gasteiger partial charge in [0.05, 0.1) is 23.8 Å². The van der Waals surface area contributed by atoms with Crippen LogP contribution >= 0.6 is 0 Å². The lowest BCUT2D eigenvalue weighted by molar-refractivity contribution is 0.00551. The fourth-order valence-electron chi connectivity index (χ4n) is 3.39. The van der Waals surface area contributed by atoms with Crippen molar-refractivity contribution in [3.8, 4) is 17.0 Å². The van der Waals surface area contributed by atoms with Crippen molar-refractivity contribution >= 4 is 22.9 Å². The van der Waals surface area contributed by atoms with Crippen LogP contribution in [0, 0.1) is 0 Å². The molecule has 1 aliphatic heterocycles. The minimum atomic E-state index is -0.219. The van der Waals surface area contributed by atoms with Crippen LogP contribution in [-0.2, 0) is 4.74 Å². The average Bonchev–Trinajstić information content (AvgIpc) is 2.78. The number of hydrogen-bond donors (Lipinski definition) is 1. The number of anilines is 1. The average molecular weight is 422 g/mol. The van der Waals surface area contributed by atoms with Gasteiger partial charge in [-0.2, -0.15) is 0 Å². The zero-order valence-corrected chi connectivity index (χ0v) is 18.0. The first-order chi connectivity index (χ1) is 15.0. The monoisotopic (exact) mass is 421 g/mol. The van der Waals surface area contributed by atoms with Crippen molar-refractivity contribution in [2.24, 2.45) is 0 Å². The number of carbonyl (C=O) groups excluding carboxylic acids is 1. The molecule has 162 valence electrons. The van der Waals surface area contributed by atoms with Crippen LogP contribution in [0.2, 0.25) is 0 Å². The molecule has 0 radical (unpaired) electrons. The molecule has 0 saturated carbocycles. The molecule has 4 rings (SSSR count). The first kappa shape index (κ1) is 21.0. The number of hydrogen-bond acceptors (Lipinski definition) is 6. The Morgan fingerprint density at radius 2 is 2.00 bits per heavy atom. The molecule has 0 spiro atoms. The van der Waals surface area contributed by atoms with Crippen LogP contribution in [0.5, 0.6) is 5.88 Å². The fraction of sp³-hybridized carbons (Fsp3) is 0.391. The lowest BCUT2D eigenvalue weighted by Crippen LogP contribution is -2.41. The molecule has 8 heteroatoms. The van der Waals surface area contributed by atoms with Crippen LogP contribution in [0.15, 0.2) is 42.7 Å². The molecule has 3 heterocycles. The number of nitrogens with zero attached hydrogens (tertiary/aromatic N) is 4. The third-order valence-corrected chi connectivity index (χ3v) is 5.07. The summed E-state index contributed by atoms with van der Waals surface area (Å²) in [4.78, 5) is 27.3. The number of carbonyl (C=O) groups is 1. The zero-order valence-electron chi connectivity index (χ0n) is 18.0. The predicted octanol–water partition coefficient (Wildman–Crippen LogP) is 3.80. The maximum atomic E-state index is 12.3. The molecule has 1 fully saturated rings. The SMILES string of the molecule is CC(C)NC(=O)N(C)c1cnc2ccc(-c3ccc(OC4CCCOC4)nc3)cc2n1. The summed E-state index contributed by atoms with van der Waals surface area (Å²) in [5.41, 5.74) is 3.38. The lowest BCUT2D eigenvalue weighted by Gasteiger charge is -2.22. The summed E-state index contributed by atoms with van der Waals surface area (Å²) in [6.07, 6.45) is 5.45. The highest BCUT2D eigenvalue weighted by Gasteiger charge is 2.16. The molecule has 2 aromatic heterocycles. The molecule has 31 heavy (non-hydrogen) atoms. The van der Waals surface area contributed by atoms with Gasteiger partial charge in [-0.3, -0.25) is 9.88 Å². The summed E-state index contributed by atoms with van der Waals surface area (Å²) in [6, 6.07) is 9.53. The van der Waals surface area contributed by atoms with Crippen molar-refractivity contribution in [1.82, 2.24) is 20.3 Å². The highest BCUT2D eigenvalue weighted by Crippen LogP contribution is 2.25. The number of pyridine rings is 1. The van der Waals surface area contributed by atoms with Crippen LogP contribution < -0.4 is 15.0 Å². The second-order valence-electron chi connectivity index (χ2n) is 7.94. The van der Waals surface area contributed by atoms with Crippen molar-refractivity contribution in [3.05, 3.63) is 42.7 Å². The molecule has 1 atom stereocenters. The predicted molar refractivity (Wildman–Crippen MR) is 119 cm³/mol. The van der Waals surface area contributed by atoms with Crippen LogP contribution in [0.25, 0.3) is 22.2 Å². The van der Waals surface area contributed by atoms with Gasteiger partial charge in [0, 0.05) is 37.5 Å². The number of benzene rings is 1. The molecular weight excluding hydrogens is 394 g/mol. The number of aromatic nitrogens is 3. The van der Waals surface area contributed by atoms with Crippen molar-refractivity contribution in [1.29, 1.82) is 0 Å². The number of ether oxygens (including phenoxy) is 2. The second-order valence-corrected chi connectivity index (χ2v) is 7.94. The molecule has 0 bridgehead atoms. The summed E-state index contributed by atoms with van der Waals surface area (Å²) < 4.78 is 11.4. The van der Waals surface area contributed by atoms with E-state index in [-0.39, 0.29) is 18.2 Å². The number of nitrogens with one attached hydrogen (secondary N) is 1.